The maximum absolute atomic E-state index is 5.92. The second-order valence-electron chi connectivity index (χ2n) is 4.08. The second-order valence-corrected chi connectivity index (χ2v) is 4.08. The van der Waals surface area contributed by atoms with E-state index in [1.54, 1.807) is 0 Å². The summed E-state index contributed by atoms with van der Waals surface area (Å²) in [5.74, 6) is 0.374. The average molecular weight is 172 g/mol. The maximum atomic E-state index is 5.92. The smallest absolute Gasteiger partial charge is 0.0660 e. The van der Waals surface area contributed by atoms with Crippen molar-refractivity contribution in [2.24, 2.45) is 17.4 Å². The third-order valence-corrected chi connectivity index (χ3v) is 2.54. The van der Waals surface area contributed by atoms with Gasteiger partial charge in [-0.15, -0.1) is 0 Å². The Balaban J connectivity index is 3.47. The first-order chi connectivity index (χ1) is 5.50. The van der Waals surface area contributed by atoms with Gasteiger partial charge in [0.25, 0.3) is 0 Å². The summed E-state index contributed by atoms with van der Waals surface area (Å²) in [6.45, 7) is 6.38. The lowest BCUT2D eigenvalue weighted by atomic mass is 9.92. The molecule has 74 valence electrons. The van der Waals surface area contributed by atoms with E-state index in [0.717, 1.165) is 6.42 Å². The molecule has 0 aromatic carbocycles. The Morgan fingerprint density at radius 1 is 1.08 bits per heavy atom. The summed E-state index contributed by atoms with van der Waals surface area (Å²) in [5.41, 5.74) is 11.4. The zero-order valence-corrected chi connectivity index (χ0v) is 8.77. The molecule has 0 spiro atoms. The number of nitrogens with two attached hydrogens (primary N) is 2. The summed E-state index contributed by atoms with van der Waals surface area (Å²) in [6.07, 6.45) is 5.95. The average Bonchev–Trinajstić information content (AvgIpc) is 1.98. The quantitative estimate of drug-likeness (QED) is 0.477. The molecular formula is C10H24N2. The molecule has 0 aromatic heterocycles. The lowest BCUT2D eigenvalue weighted by molar-refractivity contribution is 0.288. The van der Waals surface area contributed by atoms with E-state index in [1.807, 2.05) is 0 Å². The van der Waals surface area contributed by atoms with Crippen molar-refractivity contribution >= 4 is 0 Å². The summed E-state index contributed by atoms with van der Waals surface area (Å²) in [6, 6.07) is 0. The highest BCUT2D eigenvalue weighted by molar-refractivity contribution is 4.79. The Bertz CT molecular complexity index is 108. The summed E-state index contributed by atoms with van der Waals surface area (Å²) < 4.78 is 0. The van der Waals surface area contributed by atoms with Crippen LogP contribution in [0.4, 0.5) is 0 Å². The SMILES string of the molecule is CCCCCCC(N)(N)C(C)C. The molecule has 0 rings (SSSR count). The molecule has 0 heterocycles. The molecule has 0 unspecified atom stereocenters. The molecule has 0 amide bonds. The van der Waals surface area contributed by atoms with Crippen LogP contribution in [-0.2, 0) is 0 Å². The zero-order chi connectivity index (χ0) is 9.61. The molecule has 0 saturated carbocycles. The maximum Gasteiger partial charge on any atom is 0.0660 e. The number of hydrogen-bond acceptors (Lipinski definition) is 2. The lowest BCUT2D eigenvalue weighted by Gasteiger charge is -2.28. The van der Waals surface area contributed by atoms with E-state index < -0.39 is 5.66 Å². The van der Waals surface area contributed by atoms with Crippen LogP contribution in [-0.4, -0.2) is 5.66 Å². The van der Waals surface area contributed by atoms with Crippen molar-refractivity contribution in [2.75, 3.05) is 0 Å². The van der Waals surface area contributed by atoms with Crippen LogP contribution in [0.25, 0.3) is 0 Å². The van der Waals surface area contributed by atoms with Crippen LogP contribution in [0.15, 0.2) is 0 Å². The van der Waals surface area contributed by atoms with Gasteiger partial charge in [-0.3, -0.25) is 0 Å². The molecular weight excluding hydrogens is 148 g/mol. The largest absolute Gasteiger partial charge is 0.313 e. The molecule has 0 aliphatic heterocycles. The van der Waals surface area contributed by atoms with E-state index in [4.69, 9.17) is 11.5 Å². The predicted molar refractivity (Wildman–Crippen MR) is 54.7 cm³/mol. The van der Waals surface area contributed by atoms with E-state index >= 15 is 0 Å². The van der Waals surface area contributed by atoms with E-state index in [9.17, 15) is 0 Å². The molecule has 0 aliphatic rings. The van der Waals surface area contributed by atoms with Crippen molar-refractivity contribution in [1.82, 2.24) is 0 Å². The van der Waals surface area contributed by atoms with E-state index in [-0.39, 0.29) is 0 Å². The van der Waals surface area contributed by atoms with E-state index in [2.05, 4.69) is 20.8 Å². The Morgan fingerprint density at radius 3 is 2.08 bits per heavy atom. The predicted octanol–water partition coefficient (Wildman–Crippen LogP) is 2.23. The molecule has 0 bridgehead atoms. The molecule has 0 aromatic rings. The number of unbranched alkanes of at least 4 members (excludes halogenated alkanes) is 3. The fourth-order valence-corrected chi connectivity index (χ4v) is 1.15. The van der Waals surface area contributed by atoms with Crippen LogP contribution in [0.5, 0.6) is 0 Å². The molecule has 0 atom stereocenters. The summed E-state index contributed by atoms with van der Waals surface area (Å²) in [5, 5.41) is 0. The molecule has 2 nitrogen and oxygen atoms in total. The topological polar surface area (TPSA) is 52.0 Å². The summed E-state index contributed by atoms with van der Waals surface area (Å²) >= 11 is 0. The zero-order valence-electron chi connectivity index (χ0n) is 8.77. The molecule has 0 aliphatic carbocycles. The first-order valence-corrected chi connectivity index (χ1v) is 5.08. The Hall–Kier alpha value is -0.0800. The summed E-state index contributed by atoms with van der Waals surface area (Å²) in [7, 11) is 0. The molecule has 0 fully saturated rings. The third-order valence-electron chi connectivity index (χ3n) is 2.54. The van der Waals surface area contributed by atoms with Gasteiger partial charge in [0.15, 0.2) is 0 Å². The molecule has 0 radical (unpaired) electrons. The Kier molecular flexibility index (Phi) is 5.51. The Labute approximate surface area is 76.7 Å². The van der Waals surface area contributed by atoms with Gasteiger partial charge in [0, 0.05) is 0 Å². The highest BCUT2D eigenvalue weighted by Crippen LogP contribution is 2.15. The van der Waals surface area contributed by atoms with Gasteiger partial charge < -0.3 is 11.5 Å². The number of rotatable bonds is 6. The molecule has 4 N–H and O–H groups in total. The lowest BCUT2D eigenvalue weighted by Crippen LogP contribution is -2.53. The van der Waals surface area contributed by atoms with Crippen LogP contribution in [0.1, 0.15) is 52.9 Å². The highest BCUT2D eigenvalue weighted by atomic mass is 15.0. The molecule has 2 heteroatoms. The molecule has 0 saturated heterocycles. The minimum absolute atomic E-state index is 0.374. The van der Waals surface area contributed by atoms with Crippen LogP contribution in [0, 0.1) is 5.92 Å². The molecule has 12 heavy (non-hydrogen) atoms. The van der Waals surface area contributed by atoms with Crippen molar-refractivity contribution in [3.05, 3.63) is 0 Å². The van der Waals surface area contributed by atoms with Gasteiger partial charge in [0.1, 0.15) is 0 Å². The van der Waals surface area contributed by atoms with Gasteiger partial charge >= 0.3 is 0 Å². The van der Waals surface area contributed by atoms with E-state index in [0.29, 0.717) is 5.92 Å². The van der Waals surface area contributed by atoms with Gasteiger partial charge in [-0.2, -0.15) is 0 Å². The van der Waals surface area contributed by atoms with E-state index in [1.165, 1.54) is 25.7 Å². The van der Waals surface area contributed by atoms with Crippen molar-refractivity contribution in [3.63, 3.8) is 0 Å². The van der Waals surface area contributed by atoms with Crippen molar-refractivity contribution in [1.29, 1.82) is 0 Å². The van der Waals surface area contributed by atoms with Crippen LogP contribution >= 0.6 is 0 Å². The van der Waals surface area contributed by atoms with Gasteiger partial charge in [0.2, 0.25) is 0 Å². The Morgan fingerprint density at radius 2 is 1.67 bits per heavy atom. The van der Waals surface area contributed by atoms with Gasteiger partial charge in [-0.25, -0.2) is 0 Å². The first-order valence-electron chi connectivity index (χ1n) is 5.08. The second kappa shape index (κ2) is 5.55. The monoisotopic (exact) mass is 172 g/mol. The fraction of sp³-hybridized carbons (Fsp3) is 1.00. The first kappa shape index (κ1) is 11.9. The summed E-state index contributed by atoms with van der Waals surface area (Å²) in [4.78, 5) is 0. The van der Waals surface area contributed by atoms with Crippen LogP contribution < -0.4 is 11.5 Å². The highest BCUT2D eigenvalue weighted by Gasteiger charge is 2.22. The minimum atomic E-state index is -0.451. The third kappa shape index (κ3) is 4.73. The van der Waals surface area contributed by atoms with Crippen molar-refractivity contribution < 1.29 is 0 Å². The van der Waals surface area contributed by atoms with Crippen LogP contribution in [0.3, 0.4) is 0 Å². The van der Waals surface area contributed by atoms with Crippen molar-refractivity contribution in [3.8, 4) is 0 Å². The standard InChI is InChI=1S/C10H24N2/c1-4-5-6-7-8-10(11,12)9(2)3/h9H,4-8,11-12H2,1-3H3. The van der Waals surface area contributed by atoms with Crippen molar-refractivity contribution in [2.45, 2.75) is 58.5 Å². The fourth-order valence-electron chi connectivity index (χ4n) is 1.15. The van der Waals surface area contributed by atoms with Gasteiger partial charge in [0.05, 0.1) is 5.66 Å². The van der Waals surface area contributed by atoms with Gasteiger partial charge in [-0.05, 0) is 12.3 Å². The number of hydrogen-bond donors (Lipinski definition) is 2. The normalized spacial score (nSPS) is 12.5. The van der Waals surface area contributed by atoms with Crippen LogP contribution in [0.2, 0.25) is 0 Å². The minimum Gasteiger partial charge on any atom is -0.313 e. The van der Waals surface area contributed by atoms with Gasteiger partial charge in [-0.1, -0.05) is 46.5 Å².